The fraction of sp³-hybridized carbons (Fsp3) is 0.343. The second-order valence-electron chi connectivity index (χ2n) is 25.9. The fourth-order valence-electron chi connectivity index (χ4n) is 12.1. The second-order valence-corrected chi connectivity index (χ2v) is 25.9. The lowest BCUT2D eigenvalue weighted by Crippen LogP contribution is -2.57. The van der Waals surface area contributed by atoms with Gasteiger partial charge in [-0.3, -0.25) is 60.5 Å². The van der Waals surface area contributed by atoms with Crippen LogP contribution in [0.15, 0.2) is 173 Å². The molecule has 4 aromatic carbocycles. The first-order chi connectivity index (χ1) is 49.9. The van der Waals surface area contributed by atoms with Gasteiger partial charge in [-0.25, -0.2) is 5.84 Å². The van der Waals surface area contributed by atoms with E-state index in [0.29, 0.717) is 86.2 Å². The van der Waals surface area contributed by atoms with Crippen LogP contribution >= 0.6 is 0 Å². The van der Waals surface area contributed by atoms with E-state index in [-0.39, 0.29) is 124 Å². The first-order valence-electron chi connectivity index (χ1n) is 33.2. The average Bonchev–Trinajstić information content (AvgIpc) is 1.69. The molecule has 2 saturated heterocycles. The molecule has 0 spiro atoms. The molecule has 0 unspecified atom stereocenters. The molecule has 0 bridgehead atoms. The molecule has 103 heavy (non-hydrogen) atoms. The molecule has 5 aromatic heterocycles. The molecule has 4 saturated carbocycles. The van der Waals surface area contributed by atoms with Crippen molar-refractivity contribution in [1.29, 1.82) is 0 Å². The van der Waals surface area contributed by atoms with Gasteiger partial charge in [0.2, 0.25) is 52.5 Å². The number of hydrogen-bond acceptors (Lipinski definition) is 24. The van der Waals surface area contributed by atoms with Crippen LogP contribution in [0.4, 0.5) is 0 Å². The Morgan fingerprint density at radius 3 is 1.04 bits per heavy atom. The largest absolute Gasteiger partial charge is 0.481 e. The van der Waals surface area contributed by atoms with E-state index in [1.54, 1.807) is 29.6 Å². The number of carbonyl (C=O) groups is 8. The molecule has 6 fully saturated rings. The smallest absolute Gasteiger partial charge is 0.306 e. The van der Waals surface area contributed by atoms with Crippen molar-refractivity contribution in [2.45, 2.75) is 87.4 Å². The van der Waals surface area contributed by atoms with E-state index < -0.39 is 5.97 Å². The Balaban J connectivity index is 0.000000196. The zero-order chi connectivity index (χ0) is 72.5. The number of carboxylic acids is 1. The molecule has 7 amide bonds. The summed E-state index contributed by atoms with van der Waals surface area (Å²) in [5.74, 6) is 8.10. The molecule has 15 rings (SSSR count). The number of aliphatic carboxylic acids is 1. The standard InChI is InChI=1S/C20H23N5O4.C20H21N5O3.C15H16N4O3.C15H14N2O4.H2N2O.4H2/c1-25-10-14(11-25)19(27)23-22-18(26)13-7-15(8-13)21-20(28)17-9-16(24-29-17)12-5-3-2-4-6-12;1-25-10-14(11-25)20-23-22-19(27-20)13-7-15(8-13)21-18(26)17-9-16(24-28-17)12-5-3-2-4-6-12;16-18-14(20)10-6-11(7-10)17-15(21)13-8-12(19-22-13)9-4-2-1-3-5-9;18-14(16-11-6-10(7-11)15(19)20)13-8-12(17-21-13)9-4-2-1-3-5-9;1-2-3;;;;/h2-6,9,13-15H,7-8,10-11H2,1H3,(H,21,28)(H,22,26)(H,23,27);2-6,9,13-15H,7-8,10-11H2,1H3,(H,21,26);1-5,8,10-11H,6-7,16H2,(H,17,21)(H,18,20);1-5,8,10-11H,6-7H2,(H,16,18)(H,19,20);(H2,1,3);4*1H. The summed E-state index contributed by atoms with van der Waals surface area (Å²) in [5, 5.41) is 46.0. The van der Waals surface area contributed by atoms with Gasteiger partial charge in [0.1, 0.15) is 22.8 Å². The van der Waals surface area contributed by atoms with Crippen molar-refractivity contribution in [3.8, 4) is 45.0 Å². The van der Waals surface area contributed by atoms with Gasteiger partial charge in [0.15, 0.2) is 0 Å². The van der Waals surface area contributed by atoms with Crippen molar-refractivity contribution in [2.24, 2.45) is 40.6 Å². The third-order valence-corrected chi connectivity index (χ3v) is 18.3. The van der Waals surface area contributed by atoms with Crippen molar-refractivity contribution >= 4 is 47.3 Å². The third-order valence-electron chi connectivity index (χ3n) is 18.3. The Hall–Kier alpha value is -12.1. The average molecular weight is 1420 g/mol. The van der Waals surface area contributed by atoms with Gasteiger partial charge in [-0.05, 0) is 65.5 Å². The molecule has 6 aliphatic rings. The van der Waals surface area contributed by atoms with E-state index in [0.717, 1.165) is 54.1 Å². The highest BCUT2D eigenvalue weighted by Gasteiger charge is 2.41. The van der Waals surface area contributed by atoms with E-state index in [9.17, 15) is 38.4 Å². The monoisotopic (exact) mass is 1420 g/mol. The third kappa shape index (κ3) is 18.9. The Morgan fingerprint density at radius 2 is 0.728 bits per heavy atom. The van der Waals surface area contributed by atoms with Gasteiger partial charge in [0.25, 0.3) is 23.6 Å². The van der Waals surface area contributed by atoms with Gasteiger partial charge in [-0.1, -0.05) is 142 Å². The van der Waals surface area contributed by atoms with Crippen LogP contribution in [-0.2, 0) is 19.2 Å². The van der Waals surface area contributed by atoms with Crippen molar-refractivity contribution in [1.82, 2.24) is 78.2 Å². The number of carbonyl (C=O) groups excluding carboxylic acids is 7. The Bertz CT molecular complexity index is 4380. The number of likely N-dealkylation sites (tertiary alicyclic amines) is 2. The predicted octanol–water partition coefficient (Wildman–Crippen LogP) is 6.37. The summed E-state index contributed by atoms with van der Waals surface area (Å²) in [7, 11) is 4.01. The SMILES string of the molecule is CN1CC(C(=O)NNC(=O)C2CC(NC(=O)c3cc(-c4ccccc4)no3)C2)C1.CN1CC(c2nnc(C3CC(NC(=O)c4cc(-c5ccccc5)no4)C3)o2)C1.NN=O.NNC(=O)C1CC(NC(=O)c2cc(-c3ccccc3)no2)C1.O=C(NC1CC(C(=O)O)C1)c1cc(-c2ccccc2)no1.[HH].[HH].[HH].[HH]. The summed E-state index contributed by atoms with van der Waals surface area (Å²) in [6.07, 6.45) is 4.68. The number of rotatable bonds is 18. The number of nitrogens with two attached hydrogens (primary N) is 2. The number of nitrogens with one attached hydrogen (secondary N) is 7. The highest BCUT2D eigenvalue weighted by Crippen LogP contribution is 2.38. The number of likely N-dealkylation sites (N-methyl/N-ethyl adjacent to an activating group) is 1. The lowest BCUT2D eigenvalue weighted by Gasteiger charge is -2.36. The molecule has 544 valence electrons. The lowest BCUT2D eigenvalue weighted by molar-refractivity contribution is -0.145. The summed E-state index contributed by atoms with van der Waals surface area (Å²) in [4.78, 5) is 107. The normalized spacial score (nSPS) is 20.8. The number of aromatic nitrogens is 6. The minimum atomic E-state index is -0.813. The van der Waals surface area contributed by atoms with Crippen LogP contribution in [-0.4, -0.2) is 157 Å². The minimum Gasteiger partial charge on any atom is -0.481 e. The molecule has 9 aromatic rings. The molecule has 0 radical (unpaired) electrons. The van der Waals surface area contributed by atoms with Crippen LogP contribution in [0.1, 0.15) is 123 Å². The van der Waals surface area contributed by atoms with Crippen LogP contribution in [0.3, 0.4) is 0 Å². The summed E-state index contributed by atoms with van der Waals surface area (Å²) in [6, 6.07) is 44.2. The van der Waals surface area contributed by atoms with Gasteiger partial charge < -0.3 is 58.7 Å². The highest BCUT2D eigenvalue weighted by molar-refractivity contribution is 5.95. The first-order valence-corrected chi connectivity index (χ1v) is 33.2. The number of hydrogen-bond donors (Lipinski definition) is 10. The highest BCUT2D eigenvalue weighted by atomic mass is 16.5. The molecule has 2 aliphatic heterocycles. The molecule has 7 heterocycles. The van der Waals surface area contributed by atoms with Gasteiger partial charge >= 0.3 is 5.97 Å². The fourth-order valence-corrected chi connectivity index (χ4v) is 12.1. The first kappa shape index (κ1) is 72.2. The van der Waals surface area contributed by atoms with Crippen LogP contribution in [0.2, 0.25) is 0 Å². The molecule has 4 aliphatic carbocycles. The number of nitrogens with zero attached hydrogens (tertiary/aromatic N) is 9. The number of nitroso groups, excluding NO2 is 1. The van der Waals surface area contributed by atoms with Crippen molar-refractivity contribution < 1.29 is 71.7 Å². The van der Waals surface area contributed by atoms with Gasteiger partial charge in [0.05, 0.1) is 17.8 Å². The molecule has 33 nitrogen and oxygen atoms in total. The summed E-state index contributed by atoms with van der Waals surface area (Å²) < 4.78 is 26.3. The van der Waals surface area contributed by atoms with Crippen LogP contribution < -0.4 is 49.2 Å². The Morgan fingerprint density at radius 1 is 0.437 bits per heavy atom. The molecule has 12 N–H and O–H groups in total. The zero-order valence-corrected chi connectivity index (χ0v) is 56.0. The van der Waals surface area contributed by atoms with E-state index >= 15 is 0 Å². The topological polar surface area (TPSA) is 472 Å². The maximum absolute atomic E-state index is 12.4. The minimum absolute atomic E-state index is 0. The lowest BCUT2D eigenvalue weighted by atomic mass is 9.79. The van der Waals surface area contributed by atoms with E-state index in [2.05, 4.69) is 86.2 Å². The van der Waals surface area contributed by atoms with Crippen LogP contribution in [0.5, 0.6) is 0 Å². The van der Waals surface area contributed by atoms with Crippen molar-refractivity contribution in [2.75, 3.05) is 40.3 Å². The van der Waals surface area contributed by atoms with Crippen molar-refractivity contribution in [3.05, 3.63) is 185 Å². The molecular weight excluding hydrogens is 1330 g/mol. The quantitative estimate of drug-likeness (QED) is 0.0193. The Labute approximate surface area is 593 Å². The van der Waals surface area contributed by atoms with Gasteiger partial charge in [-0.2, -0.15) is 0 Å². The summed E-state index contributed by atoms with van der Waals surface area (Å²) >= 11 is 0. The maximum Gasteiger partial charge on any atom is 0.306 e. The van der Waals surface area contributed by atoms with Gasteiger partial charge in [-0.15, -0.1) is 15.1 Å². The summed E-state index contributed by atoms with van der Waals surface area (Å²) in [5.41, 5.74) is 13.1. The van der Waals surface area contributed by atoms with E-state index in [4.69, 9.17) is 38.4 Å². The number of amides is 7. The predicted molar refractivity (Wildman–Crippen MR) is 373 cm³/mol. The maximum atomic E-state index is 12.4. The number of hydrazine groups is 2. The molecule has 33 heteroatoms. The zero-order valence-electron chi connectivity index (χ0n) is 56.0. The summed E-state index contributed by atoms with van der Waals surface area (Å²) in [6.45, 7) is 3.33. The second kappa shape index (κ2) is 33.8. The molecular formula is C70H84N18O15. The van der Waals surface area contributed by atoms with E-state index in [1.807, 2.05) is 133 Å². The van der Waals surface area contributed by atoms with Crippen LogP contribution in [0.25, 0.3) is 45.0 Å². The number of carboxylic acid groups (broad SMARTS) is 1. The van der Waals surface area contributed by atoms with Gasteiger partial charge in [0, 0.05) is 126 Å². The van der Waals surface area contributed by atoms with Crippen molar-refractivity contribution in [3.63, 3.8) is 0 Å². The number of benzene rings is 4. The Kier molecular flexibility index (Phi) is 23.7. The van der Waals surface area contributed by atoms with E-state index in [1.165, 1.54) is 0 Å². The van der Waals surface area contributed by atoms with Crippen LogP contribution in [0, 0.1) is 28.6 Å². The molecule has 0 atom stereocenters.